The van der Waals surface area contributed by atoms with E-state index >= 15 is 0 Å². The van der Waals surface area contributed by atoms with Crippen molar-refractivity contribution in [1.82, 2.24) is 48.2 Å². The van der Waals surface area contributed by atoms with Crippen molar-refractivity contribution in [2.75, 3.05) is 49.4 Å². The van der Waals surface area contributed by atoms with Gasteiger partial charge in [0.2, 0.25) is 0 Å². The summed E-state index contributed by atoms with van der Waals surface area (Å²) in [7, 11) is 0. The summed E-state index contributed by atoms with van der Waals surface area (Å²) in [6.07, 6.45) is -6.87. The molecule has 4 aliphatic heterocycles. The molecule has 4 saturated heterocycles. The van der Waals surface area contributed by atoms with E-state index in [2.05, 4.69) is 29.9 Å². The van der Waals surface area contributed by atoms with Gasteiger partial charge in [0.25, 0.3) is 0 Å². The number of anilines is 4. The summed E-state index contributed by atoms with van der Waals surface area (Å²) in [4.78, 5) is 95.9. The second-order valence-corrected chi connectivity index (χ2v) is 25.5. The molecule has 13 N–H and O–H groups in total. The average molecular weight is 1170 g/mol. The van der Waals surface area contributed by atoms with Crippen molar-refractivity contribution in [3.63, 3.8) is 0 Å². The Bertz CT molecular complexity index is 3240. The Morgan fingerprint density at radius 2 is 0.960 bits per heavy atom. The second-order valence-electron chi connectivity index (χ2n) is 17.1. The van der Waals surface area contributed by atoms with Crippen LogP contribution in [-0.4, -0.2) is 148 Å². The quantitative estimate of drug-likeness (QED) is 0.0392. The number of fused-ring (bicyclic) bond motifs is 1. The molecule has 75 heavy (non-hydrogen) atoms. The van der Waals surface area contributed by atoms with Gasteiger partial charge in [-0.25, -0.2) is 29.3 Å². The first kappa shape index (κ1) is 55.5. The van der Waals surface area contributed by atoms with Crippen molar-refractivity contribution in [1.29, 1.82) is 0 Å². The molecule has 5 aromatic heterocycles. The monoisotopic (exact) mass is 1170 g/mol. The summed E-state index contributed by atoms with van der Waals surface area (Å²) < 4.78 is 64.0. The number of imidazole rings is 1. The SMILES string of the molecule is Nc1ccn([C@H]2CC(O)[C@@H](COP(O)(=S)OC3C[C@H](n4cnc5c(N)ncnc54)O[C@@H]3COP(O)(=S)OC3C[C@H](n4ccc(N)nc4=O)O[C@@H]3COP(O)(=S)OC3C[C@H](n4ccc(N)nc4=O)O[C@@H]3CO)O2)c(=O)n1. The minimum absolute atomic E-state index is 0.00360. The number of aliphatic hydroxyl groups excluding tert-OH is 2. The lowest BCUT2D eigenvalue weighted by atomic mass is 10.2. The Morgan fingerprint density at radius 3 is 1.40 bits per heavy atom. The third-order valence-corrected chi connectivity index (χ3v) is 16.9. The fourth-order valence-electron chi connectivity index (χ4n) is 8.57. The van der Waals surface area contributed by atoms with E-state index in [9.17, 15) is 39.3 Å². The van der Waals surface area contributed by atoms with Crippen LogP contribution in [-0.2, 0) is 81.5 Å². The van der Waals surface area contributed by atoms with Gasteiger partial charge in [0.05, 0.1) is 57.2 Å². The topological polar surface area (TPSA) is 446 Å². The van der Waals surface area contributed by atoms with Crippen LogP contribution in [0.4, 0.5) is 23.3 Å². The van der Waals surface area contributed by atoms with Crippen molar-refractivity contribution < 1.29 is 71.0 Å². The number of nitrogens with two attached hydrogens (primary N) is 4. The van der Waals surface area contributed by atoms with Gasteiger partial charge in [-0.1, -0.05) is 0 Å². The molecule has 7 unspecified atom stereocenters. The minimum Gasteiger partial charge on any atom is -0.394 e. The summed E-state index contributed by atoms with van der Waals surface area (Å²) in [5, 5.41) is 20.9. The van der Waals surface area contributed by atoms with Gasteiger partial charge in [-0.3, -0.25) is 18.3 Å². The normalized spacial score (nSPS) is 30.4. The number of aliphatic hydroxyl groups is 2. The van der Waals surface area contributed by atoms with E-state index in [1.807, 2.05) is 0 Å². The van der Waals surface area contributed by atoms with Crippen LogP contribution in [0.15, 0.2) is 63.8 Å². The van der Waals surface area contributed by atoms with E-state index < -0.39 is 137 Å². The zero-order valence-corrected chi connectivity index (χ0v) is 43.7. The van der Waals surface area contributed by atoms with E-state index in [0.717, 1.165) is 13.7 Å². The van der Waals surface area contributed by atoms with Crippen LogP contribution in [0.25, 0.3) is 11.2 Å². The molecule has 0 bridgehead atoms. The Kier molecular flexibility index (Phi) is 16.7. The molecule has 4 fully saturated rings. The maximum atomic E-state index is 12.9. The van der Waals surface area contributed by atoms with Crippen molar-refractivity contribution in [2.24, 2.45) is 0 Å². The summed E-state index contributed by atoms with van der Waals surface area (Å²) >= 11 is 16.2. The van der Waals surface area contributed by atoms with Gasteiger partial charge >= 0.3 is 37.2 Å². The molecule has 32 nitrogen and oxygen atoms in total. The van der Waals surface area contributed by atoms with E-state index in [0.29, 0.717) is 0 Å². The number of hydrogen-bond acceptors (Lipinski definition) is 28. The molecule has 408 valence electrons. The average Bonchev–Trinajstić information content (AvgIpc) is 4.19. The Hall–Kier alpha value is -4.26. The van der Waals surface area contributed by atoms with E-state index in [4.69, 9.17) is 104 Å². The zero-order chi connectivity index (χ0) is 53.6. The van der Waals surface area contributed by atoms with Gasteiger partial charge < -0.3 is 93.9 Å². The molecule has 0 saturated carbocycles. The number of nitrogens with zero attached hydrogens (tertiary/aromatic N) is 10. The van der Waals surface area contributed by atoms with Crippen molar-refractivity contribution in [3.8, 4) is 0 Å². The second kappa shape index (κ2) is 22.6. The fraction of sp³-hybridized carbons (Fsp3) is 0.541. The lowest BCUT2D eigenvalue weighted by Gasteiger charge is -2.28. The third kappa shape index (κ3) is 13.0. The van der Waals surface area contributed by atoms with Gasteiger partial charge in [-0.05, 0) is 53.6 Å². The third-order valence-electron chi connectivity index (χ3n) is 12.1. The standard InChI is InChI=1S/C37H49N14O18P3S3/c38-25-1-4-48(35(54)45-25)28-7-17(53)22(64-28)12-60-70(57,73)69-20-10-31(51-16-44-32-33(41)42-15-43-34(32)51)66-24(20)14-62-72(59,75)68-19-9-30(50-6-3-27(40)47-37(50)56)65-23(19)13-61-71(58,74)67-18-8-29(63-21(18)11-52)49-5-2-26(39)46-36(49)55/h1-6,15-24,28-31,52-53H,7-14H2,(H,57,73)(H,58,74)(H,59,75)(H2,38,45,54)(H2,39,46,55)(H2,40,47,56)(H2,41,42,43)/t17?,18?,19?,20?,21-,22-,23-,24-,28-,29-,30-,31-,70?,71?,72?/m1/s1. The van der Waals surface area contributed by atoms with Crippen molar-refractivity contribution in [2.45, 2.75) is 99.4 Å². The highest BCUT2D eigenvalue weighted by molar-refractivity contribution is 8.07. The predicted molar refractivity (Wildman–Crippen MR) is 268 cm³/mol. The molecular weight excluding hydrogens is 1120 g/mol. The molecule has 4 aliphatic rings. The molecule has 15 atom stereocenters. The summed E-state index contributed by atoms with van der Waals surface area (Å²) in [5.74, 6) is -0.00823. The lowest BCUT2D eigenvalue weighted by molar-refractivity contribution is -0.0564. The van der Waals surface area contributed by atoms with Gasteiger partial charge in [0.1, 0.15) is 78.6 Å². The van der Waals surface area contributed by atoms with Gasteiger partial charge in [0, 0.05) is 44.3 Å². The van der Waals surface area contributed by atoms with E-state index in [-0.39, 0.29) is 60.1 Å². The summed E-state index contributed by atoms with van der Waals surface area (Å²) in [5.41, 5.74) is 21.3. The van der Waals surface area contributed by atoms with Crippen LogP contribution in [0.5, 0.6) is 0 Å². The van der Waals surface area contributed by atoms with Crippen LogP contribution >= 0.6 is 20.2 Å². The first-order chi connectivity index (χ1) is 35.5. The van der Waals surface area contributed by atoms with E-state index in [1.165, 1.54) is 54.0 Å². The molecular formula is C37H49N14O18P3S3. The Balaban J connectivity index is 0.882. The highest BCUT2D eigenvalue weighted by atomic mass is 32.5. The maximum Gasteiger partial charge on any atom is 0.351 e. The highest BCUT2D eigenvalue weighted by Gasteiger charge is 2.46. The molecule has 9 heterocycles. The molecule has 0 amide bonds. The number of hydrogen-bond donors (Lipinski definition) is 9. The molecule has 0 aliphatic carbocycles. The number of ether oxygens (including phenoxy) is 4. The smallest absolute Gasteiger partial charge is 0.351 e. The number of nitrogen functional groups attached to an aromatic ring is 4. The van der Waals surface area contributed by atoms with Gasteiger partial charge in [-0.2, -0.15) is 15.0 Å². The molecule has 38 heteroatoms. The zero-order valence-electron chi connectivity index (χ0n) is 38.6. The summed E-state index contributed by atoms with van der Waals surface area (Å²) in [6, 6.07) is 4.11. The van der Waals surface area contributed by atoms with Crippen LogP contribution < -0.4 is 40.0 Å². The fourth-order valence-corrected chi connectivity index (χ4v) is 13.0. The first-order valence-corrected chi connectivity index (χ1v) is 30.2. The molecule has 0 spiro atoms. The largest absolute Gasteiger partial charge is 0.394 e. The predicted octanol–water partition coefficient (Wildman–Crippen LogP) is -1.72. The number of rotatable bonds is 20. The van der Waals surface area contributed by atoms with Crippen LogP contribution in [0.1, 0.15) is 50.6 Å². The first-order valence-electron chi connectivity index (χ1n) is 22.4. The Labute approximate surface area is 437 Å². The van der Waals surface area contributed by atoms with Crippen LogP contribution in [0.2, 0.25) is 0 Å². The summed E-state index contributed by atoms with van der Waals surface area (Å²) in [6.45, 7) is -15.1. The van der Waals surface area contributed by atoms with Crippen LogP contribution in [0, 0.1) is 0 Å². The minimum atomic E-state index is -4.39. The van der Waals surface area contributed by atoms with Gasteiger partial charge in [-0.15, -0.1) is 0 Å². The molecule has 5 aromatic rings. The highest BCUT2D eigenvalue weighted by Crippen LogP contribution is 2.54. The van der Waals surface area contributed by atoms with Crippen molar-refractivity contribution in [3.05, 3.63) is 80.9 Å². The van der Waals surface area contributed by atoms with Crippen LogP contribution in [0.3, 0.4) is 0 Å². The molecule has 0 radical (unpaired) electrons. The Morgan fingerprint density at radius 1 is 0.573 bits per heavy atom. The van der Waals surface area contributed by atoms with Gasteiger partial charge in [0.15, 0.2) is 11.5 Å². The van der Waals surface area contributed by atoms with E-state index in [1.54, 1.807) is 0 Å². The molecule has 9 rings (SSSR count). The number of aromatic nitrogens is 10. The lowest BCUT2D eigenvalue weighted by Crippen LogP contribution is -2.31. The molecule has 0 aromatic carbocycles. The maximum absolute atomic E-state index is 12.9. The van der Waals surface area contributed by atoms with Crippen molar-refractivity contribution >= 4 is 90.0 Å².